The number of ether oxygens (including phenoxy) is 2. The molecule has 2 heterocycles. The molecule has 1 fully saturated rings. The second-order valence-electron chi connectivity index (χ2n) is 7.57. The van der Waals surface area contributed by atoms with Crippen LogP contribution in [0.15, 0.2) is 12.1 Å². The molecule has 0 saturated carbocycles. The van der Waals surface area contributed by atoms with Gasteiger partial charge in [-0.2, -0.15) is 0 Å². The Morgan fingerprint density at radius 1 is 1.41 bits per heavy atom. The number of halogens is 2. The van der Waals surface area contributed by atoms with Crippen LogP contribution in [0.3, 0.4) is 0 Å². The van der Waals surface area contributed by atoms with Crippen molar-refractivity contribution >= 4 is 23.1 Å². The van der Waals surface area contributed by atoms with Crippen molar-refractivity contribution in [3.05, 3.63) is 17.9 Å². The highest BCUT2D eigenvalue weighted by Crippen LogP contribution is 2.29. The van der Waals surface area contributed by atoms with Crippen LogP contribution in [0.1, 0.15) is 27.2 Å². The van der Waals surface area contributed by atoms with Crippen LogP contribution in [-0.4, -0.2) is 54.1 Å². The summed E-state index contributed by atoms with van der Waals surface area (Å²) >= 11 is 0. The lowest BCUT2D eigenvalue weighted by Gasteiger charge is -2.35. The maximum atomic E-state index is 14.3. The van der Waals surface area contributed by atoms with Crippen LogP contribution in [0, 0.1) is 5.82 Å². The van der Waals surface area contributed by atoms with E-state index in [1.165, 1.54) is 19.2 Å². The number of alkyl carbamates (subject to hydrolysis) is 1. The zero-order valence-electron chi connectivity index (χ0n) is 15.8. The number of nitrogens with one attached hydrogen (secondary N) is 2. The third-order valence-corrected chi connectivity index (χ3v) is 4.25. The molecule has 2 aromatic rings. The summed E-state index contributed by atoms with van der Waals surface area (Å²) in [5.41, 5.74) is 0.317. The molecule has 0 aliphatic carbocycles. The number of anilines is 1. The lowest BCUT2D eigenvalue weighted by molar-refractivity contribution is 0.0465. The van der Waals surface area contributed by atoms with Crippen molar-refractivity contribution in [3.8, 4) is 5.75 Å². The van der Waals surface area contributed by atoms with Gasteiger partial charge in [0.05, 0.1) is 18.7 Å². The number of imidazole rings is 1. The van der Waals surface area contributed by atoms with Crippen molar-refractivity contribution in [1.82, 2.24) is 15.3 Å². The fourth-order valence-electron chi connectivity index (χ4n) is 3.06. The number of nitrogens with zero attached hydrogens (tertiary/aromatic N) is 2. The molecule has 9 heteroatoms. The number of alkyl halides is 1. The zero-order chi connectivity index (χ0) is 19.8. The molecule has 1 aromatic carbocycles. The first-order valence-corrected chi connectivity index (χ1v) is 8.78. The number of carbonyl (C=O) groups excluding carboxylic acids is 1. The molecule has 1 saturated heterocycles. The summed E-state index contributed by atoms with van der Waals surface area (Å²) in [6.45, 7) is 5.86. The summed E-state index contributed by atoms with van der Waals surface area (Å²) in [6, 6.07) is 1.85. The number of piperidine rings is 1. The molecule has 1 aliphatic heterocycles. The Balaban J connectivity index is 1.77. The van der Waals surface area contributed by atoms with Crippen LogP contribution in [0.2, 0.25) is 0 Å². The van der Waals surface area contributed by atoms with Crippen LogP contribution in [0.5, 0.6) is 5.75 Å². The zero-order valence-corrected chi connectivity index (χ0v) is 15.8. The van der Waals surface area contributed by atoms with Gasteiger partial charge in [-0.25, -0.2) is 18.6 Å². The highest BCUT2D eigenvalue weighted by molar-refractivity contribution is 5.84. The molecule has 1 amide bonds. The van der Waals surface area contributed by atoms with Gasteiger partial charge in [0.1, 0.15) is 28.9 Å². The van der Waals surface area contributed by atoms with E-state index < -0.39 is 29.7 Å². The standard InChI is InChI=1S/C18H24F2N4O3/c1-18(2,3)27-17(25)22-13-9-24(6-5-11(13)20)16-21-12-7-10(19)8-14(26-4)15(12)23-16/h7-8,11,13H,5-6,9H2,1-4H3,(H,21,23)(H,22,25)/t11-,13-/m1/s1. The maximum absolute atomic E-state index is 14.3. The summed E-state index contributed by atoms with van der Waals surface area (Å²) in [6.07, 6.45) is -1.63. The van der Waals surface area contributed by atoms with Crippen molar-refractivity contribution in [2.24, 2.45) is 0 Å². The van der Waals surface area contributed by atoms with Crippen LogP contribution in [0.4, 0.5) is 19.5 Å². The van der Waals surface area contributed by atoms with Crippen molar-refractivity contribution < 1.29 is 23.0 Å². The first-order chi connectivity index (χ1) is 12.7. The van der Waals surface area contributed by atoms with Crippen LogP contribution < -0.4 is 15.0 Å². The first-order valence-electron chi connectivity index (χ1n) is 8.78. The number of hydrogen-bond acceptors (Lipinski definition) is 5. The number of aromatic amines is 1. The largest absolute Gasteiger partial charge is 0.494 e. The van der Waals surface area contributed by atoms with Crippen LogP contribution >= 0.6 is 0 Å². The molecule has 2 N–H and O–H groups in total. The molecular weight excluding hydrogens is 358 g/mol. The molecule has 1 aromatic heterocycles. The van der Waals surface area contributed by atoms with E-state index in [-0.39, 0.29) is 13.0 Å². The number of fused-ring (bicyclic) bond motifs is 1. The van der Waals surface area contributed by atoms with Gasteiger partial charge in [-0.3, -0.25) is 0 Å². The van der Waals surface area contributed by atoms with E-state index in [9.17, 15) is 13.6 Å². The quantitative estimate of drug-likeness (QED) is 0.853. The highest BCUT2D eigenvalue weighted by atomic mass is 19.1. The molecule has 0 unspecified atom stereocenters. The second kappa shape index (κ2) is 7.21. The molecule has 0 radical (unpaired) electrons. The van der Waals surface area contributed by atoms with E-state index in [4.69, 9.17) is 9.47 Å². The smallest absolute Gasteiger partial charge is 0.408 e. The number of hydrogen-bond donors (Lipinski definition) is 2. The minimum absolute atomic E-state index is 0.213. The number of rotatable bonds is 3. The van der Waals surface area contributed by atoms with E-state index in [1.54, 1.807) is 20.8 Å². The first kappa shape index (κ1) is 19.2. The van der Waals surface area contributed by atoms with Gasteiger partial charge in [-0.15, -0.1) is 0 Å². The number of methoxy groups -OCH3 is 1. The summed E-state index contributed by atoms with van der Waals surface area (Å²) in [5, 5.41) is 2.59. The highest BCUT2D eigenvalue weighted by Gasteiger charge is 2.33. The predicted molar refractivity (Wildman–Crippen MR) is 97.5 cm³/mol. The van der Waals surface area contributed by atoms with Gasteiger partial charge in [-0.1, -0.05) is 0 Å². The minimum Gasteiger partial charge on any atom is -0.494 e. The van der Waals surface area contributed by atoms with Gasteiger partial charge in [0.2, 0.25) is 5.95 Å². The van der Waals surface area contributed by atoms with E-state index in [2.05, 4.69) is 15.3 Å². The fourth-order valence-corrected chi connectivity index (χ4v) is 3.06. The molecule has 7 nitrogen and oxygen atoms in total. The van der Waals surface area contributed by atoms with Gasteiger partial charge in [0.25, 0.3) is 0 Å². The van der Waals surface area contributed by atoms with Gasteiger partial charge in [0.15, 0.2) is 0 Å². The average molecular weight is 382 g/mol. The molecule has 27 heavy (non-hydrogen) atoms. The van der Waals surface area contributed by atoms with Crippen LogP contribution in [-0.2, 0) is 4.74 Å². The lowest BCUT2D eigenvalue weighted by atomic mass is 10.0. The van der Waals surface area contributed by atoms with Gasteiger partial charge in [-0.05, 0) is 33.3 Å². The van der Waals surface area contributed by atoms with Gasteiger partial charge in [0, 0.05) is 19.2 Å². The lowest BCUT2D eigenvalue weighted by Crippen LogP contribution is -2.54. The Labute approximate surface area is 156 Å². The topological polar surface area (TPSA) is 79.5 Å². The Kier molecular flexibility index (Phi) is 5.12. The number of benzene rings is 1. The SMILES string of the molecule is COc1cc(F)cc2[nH]c(N3CC[C@@H](F)[C@H](NC(=O)OC(C)(C)C)C3)nc12. The predicted octanol–water partition coefficient (Wildman–Crippen LogP) is 3.15. The number of H-pyrrole nitrogens is 1. The Morgan fingerprint density at radius 2 is 2.15 bits per heavy atom. The van der Waals surface area contributed by atoms with E-state index in [1.807, 2.05) is 4.90 Å². The summed E-state index contributed by atoms with van der Waals surface area (Å²) in [5.74, 6) is 0.342. The molecular formula is C18H24F2N4O3. The third-order valence-electron chi connectivity index (χ3n) is 4.25. The van der Waals surface area contributed by atoms with E-state index in [0.717, 1.165) is 0 Å². The van der Waals surface area contributed by atoms with E-state index >= 15 is 0 Å². The minimum atomic E-state index is -1.19. The second-order valence-corrected chi connectivity index (χ2v) is 7.57. The average Bonchev–Trinajstić information content (AvgIpc) is 2.98. The normalized spacial score (nSPS) is 20.6. The molecule has 2 atom stereocenters. The summed E-state index contributed by atoms with van der Waals surface area (Å²) in [7, 11) is 1.44. The van der Waals surface area contributed by atoms with Gasteiger partial charge >= 0.3 is 6.09 Å². The van der Waals surface area contributed by atoms with Crippen LogP contribution in [0.25, 0.3) is 11.0 Å². The van der Waals surface area contributed by atoms with Crippen molar-refractivity contribution in [2.75, 3.05) is 25.1 Å². The fraction of sp³-hybridized carbons (Fsp3) is 0.556. The number of aromatic nitrogens is 2. The van der Waals surface area contributed by atoms with Crippen molar-refractivity contribution in [3.63, 3.8) is 0 Å². The monoisotopic (exact) mass is 382 g/mol. The Bertz CT molecular complexity index is 834. The third kappa shape index (κ3) is 4.40. The Morgan fingerprint density at radius 3 is 2.81 bits per heavy atom. The van der Waals surface area contributed by atoms with Crippen molar-refractivity contribution in [1.29, 1.82) is 0 Å². The Hall–Kier alpha value is -2.58. The van der Waals surface area contributed by atoms with Gasteiger partial charge < -0.3 is 24.7 Å². The number of amides is 1. The number of carbonyl (C=O) groups is 1. The molecule has 0 bridgehead atoms. The van der Waals surface area contributed by atoms with Crippen molar-refractivity contribution in [2.45, 2.75) is 45.0 Å². The molecule has 3 rings (SSSR count). The molecule has 148 valence electrons. The molecule has 0 spiro atoms. The summed E-state index contributed by atoms with van der Waals surface area (Å²) in [4.78, 5) is 21.3. The molecule has 1 aliphatic rings. The maximum Gasteiger partial charge on any atom is 0.408 e. The van der Waals surface area contributed by atoms with E-state index in [0.29, 0.717) is 29.3 Å². The summed E-state index contributed by atoms with van der Waals surface area (Å²) < 4.78 is 38.4.